The molecule has 6 heteroatoms. The van der Waals surface area contributed by atoms with E-state index >= 15 is 0 Å². The van der Waals surface area contributed by atoms with Crippen molar-refractivity contribution in [3.8, 4) is 0 Å². The molecular formula is C14H13Cl2N3O. The third kappa shape index (κ3) is 2.46. The first-order chi connectivity index (χ1) is 9.58. The predicted octanol–water partition coefficient (Wildman–Crippen LogP) is 3.88. The number of hydrogen-bond acceptors (Lipinski definition) is 4. The van der Waals surface area contributed by atoms with Crippen LogP contribution in [-0.4, -0.2) is 10.1 Å². The van der Waals surface area contributed by atoms with Gasteiger partial charge in [-0.2, -0.15) is 4.98 Å². The van der Waals surface area contributed by atoms with Crippen molar-refractivity contribution in [2.75, 3.05) is 0 Å². The van der Waals surface area contributed by atoms with Gasteiger partial charge in [0, 0.05) is 21.7 Å². The summed E-state index contributed by atoms with van der Waals surface area (Å²) in [6.45, 7) is 0. The summed E-state index contributed by atoms with van der Waals surface area (Å²) >= 11 is 12.2. The lowest BCUT2D eigenvalue weighted by Gasteiger charge is -2.34. The van der Waals surface area contributed by atoms with E-state index in [1.807, 2.05) is 0 Å². The zero-order valence-corrected chi connectivity index (χ0v) is 12.2. The molecule has 1 aromatic heterocycles. The number of halogens is 2. The molecular weight excluding hydrogens is 297 g/mol. The minimum atomic E-state index is -0.419. The van der Waals surface area contributed by atoms with E-state index in [2.05, 4.69) is 10.1 Å². The minimum Gasteiger partial charge on any atom is -0.335 e. The Balaban J connectivity index is 1.83. The summed E-state index contributed by atoms with van der Waals surface area (Å²) in [5.74, 6) is 0.960. The monoisotopic (exact) mass is 309 g/mol. The molecule has 1 heterocycles. The topological polar surface area (TPSA) is 64.9 Å². The van der Waals surface area contributed by atoms with Gasteiger partial charge in [0.25, 0.3) is 5.89 Å². The molecule has 2 aromatic rings. The average molecular weight is 310 g/mol. The fourth-order valence-electron chi connectivity index (χ4n) is 2.11. The Morgan fingerprint density at radius 1 is 1.20 bits per heavy atom. The highest BCUT2D eigenvalue weighted by molar-refractivity contribution is 6.37. The lowest BCUT2D eigenvalue weighted by Crippen LogP contribution is -2.44. The van der Waals surface area contributed by atoms with Crippen molar-refractivity contribution in [3.05, 3.63) is 45.5 Å². The van der Waals surface area contributed by atoms with Gasteiger partial charge < -0.3 is 10.3 Å². The number of nitrogens with zero attached hydrogens (tertiary/aromatic N) is 2. The molecule has 0 atom stereocenters. The van der Waals surface area contributed by atoms with Gasteiger partial charge in [0.05, 0.1) is 5.54 Å². The van der Waals surface area contributed by atoms with E-state index in [1.54, 1.807) is 30.4 Å². The number of aromatic nitrogens is 2. The number of benzene rings is 1. The van der Waals surface area contributed by atoms with Gasteiger partial charge in [-0.05, 0) is 37.5 Å². The fraction of sp³-hybridized carbons (Fsp3) is 0.286. The zero-order valence-electron chi connectivity index (χ0n) is 10.6. The molecule has 1 aliphatic rings. The number of rotatable bonds is 3. The molecule has 1 saturated carbocycles. The molecule has 2 N–H and O–H groups in total. The van der Waals surface area contributed by atoms with Gasteiger partial charge >= 0.3 is 0 Å². The maximum absolute atomic E-state index is 6.14. The Morgan fingerprint density at radius 3 is 2.50 bits per heavy atom. The van der Waals surface area contributed by atoms with Crippen LogP contribution in [0.15, 0.2) is 22.7 Å². The van der Waals surface area contributed by atoms with E-state index in [0.29, 0.717) is 21.8 Å². The Hall–Kier alpha value is -1.36. The highest BCUT2D eigenvalue weighted by Crippen LogP contribution is 2.37. The quantitative estimate of drug-likeness (QED) is 0.934. The summed E-state index contributed by atoms with van der Waals surface area (Å²) in [5.41, 5.74) is 6.45. The first-order valence-electron chi connectivity index (χ1n) is 6.34. The summed E-state index contributed by atoms with van der Waals surface area (Å²) in [6.07, 6.45) is 6.33. The van der Waals surface area contributed by atoms with Crippen LogP contribution >= 0.6 is 23.2 Å². The van der Waals surface area contributed by atoms with E-state index in [9.17, 15) is 0 Å². The second-order valence-electron chi connectivity index (χ2n) is 4.93. The van der Waals surface area contributed by atoms with Crippen molar-refractivity contribution in [3.63, 3.8) is 0 Å². The van der Waals surface area contributed by atoms with Crippen molar-refractivity contribution in [1.29, 1.82) is 0 Å². The molecule has 1 aromatic carbocycles. The summed E-state index contributed by atoms with van der Waals surface area (Å²) in [5, 5.41) is 5.08. The first-order valence-corrected chi connectivity index (χ1v) is 7.09. The maximum atomic E-state index is 6.14. The largest absolute Gasteiger partial charge is 0.335 e. The summed E-state index contributed by atoms with van der Waals surface area (Å²) in [4.78, 5) is 4.30. The highest BCUT2D eigenvalue weighted by Gasteiger charge is 2.38. The highest BCUT2D eigenvalue weighted by atomic mass is 35.5. The smallest absolute Gasteiger partial charge is 0.250 e. The molecule has 1 fully saturated rings. The predicted molar refractivity (Wildman–Crippen MR) is 79.4 cm³/mol. The maximum Gasteiger partial charge on any atom is 0.250 e. The third-order valence-electron chi connectivity index (χ3n) is 3.53. The Labute approximate surface area is 126 Å². The van der Waals surface area contributed by atoms with Crippen LogP contribution in [0.4, 0.5) is 0 Å². The van der Waals surface area contributed by atoms with Crippen LogP contribution in [-0.2, 0) is 5.54 Å². The molecule has 0 radical (unpaired) electrons. The van der Waals surface area contributed by atoms with Crippen LogP contribution in [0, 0.1) is 0 Å². The molecule has 0 saturated heterocycles. The fourth-order valence-corrected chi connectivity index (χ4v) is 2.63. The minimum absolute atomic E-state index is 0.396. The van der Waals surface area contributed by atoms with E-state index in [4.69, 9.17) is 33.5 Å². The van der Waals surface area contributed by atoms with Crippen molar-refractivity contribution in [2.24, 2.45) is 5.73 Å². The van der Waals surface area contributed by atoms with Crippen molar-refractivity contribution >= 4 is 35.4 Å². The van der Waals surface area contributed by atoms with Gasteiger partial charge in [-0.15, -0.1) is 0 Å². The van der Waals surface area contributed by atoms with E-state index < -0.39 is 5.54 Å². The van der Waals surface area contributed by atoms with Gasteiger partial charge in [0.2, 0.25) is 0 Å². The summed E-state index contributed by atoms with van der Waals surface area (Å²) in [6, 6.07) is 5.34. The van der Waals surface area contributed by atoms with Crippen molar-refractivity contribution in [2.45, 2.75) is 24.8 Å². The third-order valence-corrected chi connectivity index (χ3v) is 4.18. The van der Waals surface area contributed by atoms with Gasteiger partial charge in [-0.25, -0.2) is 0 Å². The Kier molecular flexibility index (Phi) is 3.54. The SMILES string of the molecule is NC1(c2noc(/C=C/c3c(Cl)cccc3Cl)n2)CCC1. The summed E-state index contributed by atoms with van der Waals surface area (Å²) < 4.78 is 5.17. The van der Waals surface area contributed by atoms with Crippen LogP contribution in [0.1, 0.15) is 36.5 Å². The molecule has 4 nitrogen and oxygen atoms in total. The van der Waals surface area contributed by atoms with Crippen LogP contribution in [0.25, 0.3) is 12.2 Å². The molecule has 1 aliphatic carbocycles. The Morgan fingerprint density at radius 2 is 1.90 bits per heavy atom. The van der Waals surface area contributed by atoms with Gasteiger partial charge in [-0.3, -0.25) is 0 Å². The molecule has 20 heavy (non-hydrogen) atoms. The van der Waals surface area contributed by atoms with Crippen molar-refractivity contribution < 1.29 is 4.52 Å². The zero-order chi connectivity index (χ0) is 14.2. The van der Waals surface area contributed by atoms with Crippen molar-refractivity contribution in [1.82, 2.24) is 10.1 Å². The second kappa shape index (κ2) is 5.20. The van der Waals surface area contributed by atoms with Crippen LogP contribution < -0.4 is 5.73 Å². The van der Waals surface area contributed by atoms with Gasteiger partial charge in [-0.1, -0.05) is 34.4 Å². The van der Waals surface area contributed by atoms with E-state index in [0.717, 1.165) is 24.8 Å². The van der Waals surface area contributed by atoms with Gasteiger partial charge in [0.1, 0.15) is 0 Å². The number of nitrogens with two attached hydrogens (primary N) is 1. The molecule has 0 aliphatic heterocycles. The molecule has 0 amide bonds. The van der Waals surface area contributed by atoms with E-state index in [1.165, 1.54) is 0 Å². The van der Waals surface area contributed by atoms with Gasteiger partial charge in [0.15, 0.2) is 5.82 Å². The lowest BCUT2D eigenvalue weighted by molar-refractivity contribution is 0.229. The lowest BCUT2D eigenvalue weighted by atomic mass is 9.77. The van der Waals surface area contributed by atoms with Crippen LogP contribution in [0.5, 0.6) is 0 Å². The first kappa shape index (κ1) is 13.6. The average Bonchev–Trinajstić information content (AvgIpc) is 2.84. The molecule has 0 unspecified atom stereocenters. The molecule has 0 spiro atoms. The molecule has 3 rings (SSSR count). The van der Waals surface area contributed by atoms with E-state index in [-0.39, 0.29) is 0 Å². The normalized spacial score (nSPS) is 17.4. The molecule has 104 valence electrons. The molecule has 0 bridgehead atoms. The number of hydrogen-bond donors (Lipinski definition) is 1. The summed E-state index contributed by atoms with van der Waals surface area (Å²) in [7, 11) is 0. The standard InChI is InChI=1S/C14H13Cl2N3O/c15-10-3-1-4-11(16)9(10)5-6-12-18-13(19-20-12)14(17)7-2-8-14/h1,3-6H,2,7-8,17H2/b6-5+. The second-order valence-corrected chi connectivity index (χ2v) is 5.75. The Bertz CT molecular complexity index is 642. The van der Waals surface area contributed by atoms with Crippen LogP contribution in [0.2, 0.25) is 10.0 Å². The van der Waals surface area contributed by atoms with Crippen LogP contribution in [0.3, 0.4) is 0 Å².